The fraction of sp³-hybridized carbons (Fsp3) is 0.717. The lowest BCUT2D eigenvalue weighted by Gasteiger charge is -2.60. The molecule has 8 aliphatic rings. The summed E-state index contributed by atoms with van der Waals surface area (Å²) >= 11 is 24.9. The number of halogens is 4. The first kappa shape index (κ1) is 55.7. The maximum Gasteiger partial charge on any atom is 0.411 e. The van der Waals surface area contributed by atoms with Gasteiger partial charge in [-0.25, -0.2) is 9.59 Å². The number of ketones is 1. The van der Waals surface area contributed by atoms with Gasteiger partial charge in [-0.1, -0.05) is 86.2 Å². The molecule has 4 aliphatic heterocycles. The molecular formula is C53H68Cl4N2O16. The van der Waals surface area contributed by atoms with Crippen molar-refractivity contribution in [1.82, 2.24) is 0 Å². The van der Waals surface area contributed by atoms with Crippen molar-refractivity contribution in [3.63, 3.8) is 0 Å². The van der Waals surface area contributed by atoms with Crippen LogP contribution in [-0.4, -0.2) is 143 Å². The number of fused-ring (bicyclic) bond motifs is 7. The lowest BCUT2D eigenvalue weighted by atomic mass is 9.44. The zero-order chi connectivity index (χ0) is 53.5. The summed E-state index contributed by atoms with van der Waals surface area (Å²) in [4.78, 5) is 40.8. The summed E-state index contributed by atoms with van der Waals surface area (Å²) in [6, 6.07) is 9.16. The monoisotopic (exact) mass is 1130 g/mol. The van der Waals surface area contributed by atoms with Crippen LogP contribution in [0.4, 0.5) is 21.0 Å². The van der Waals surface area contributed by atoms with E-state index in [0.717, 1.165) is 32.1 Å². The van der Waals surface area contributed by atoms with E-state index in [-0.39, 0.29) is 78.0 Å². The van der Waals surface area contributed by atoms with Gasteiger partial charge in [0.2, 0.25) is 0 Å². The van der Waals surface area contributed by atoms with E-state index in [9.17, 15) is 39.9 Å². The van der Waals surface area contributed by atoms with E-state index in [0.29, 0.717) is 49.9 Å². The van der Waals surface area contributed by atoms with Gasteiger partial charge < -0.3 is 63.4 Å². The Morgan fingerprint density at radius 2 is 1.29 bits per heavy atom. The Balaban J connectivity index is 0.812. The van der Waals surface area contributed by atoms with E-state index in [1.54, 1.807) is 12.1 Å². The Morgan fingerprint density at radius 3 is 1.91 bits per heavy atom. The number of para-hydroxylation sites is 2. The van der Waals surface area contributed by atoms with Crippen molar-refractivity contribution in [2.75, 3.05) is 30.5 Å². The number of carbonyl (C=O) groups is 3. The molecule has 0 aromatic heterocycles. The summed E-state index contributed by atoms with van der Waals surface area (Å²) in [7, 11) is 0. The molecule has 1 spiro atoms. The molecule has 4 heterocycles. The minimum absolute atomic E-state index is 0.0591. The highest BCUT2D eigenvalue weighted by molar-refractivity contribution is 6.40. The van der Waals surface area contributed by atoms with Crippen LogP contribution in [0, 0.1) is 52.3 Å². The molecule has 4 aliphatic carbocycles. The van der Waals surface area contributed by atoms with Gasteiger partial charge in [0.1, 0.15) is 67.8 Å². The molecule has 75 heavy (non-hydrogen) atoms. The number of benzene rings is 2. The van der Waals surface area contributed by atoms with E-state index in [1.807, 2.05) is 0 Å². The number of amides is 2. The summed E-state index contributed by atoms with van der Waals surface area (Å²) in [5.74, 6) is 1.31. The highest BCUT2D eigenvalue weighted by Crippen LogP contribution is 2.71. The largest absolute Gasteiger partial charge is 0.446 e. The average Bonchev–Trinajstić information content (AvgIpc) is 3.89. The van der Waals surface area contributed by atoms with Gasteiger partial charge in [-0.15, -0.1) is 0 Å². The number of rotatable bonds is 10. The Bertz CT molecular complexity index is 2410. The number of anilines is 2. The molecule has 8 fully saturated rings. The predicted octanol–water partition coefficient (Wildman–Crippen LogP) is 7.75. The van der Waals surface area contributed by atoms with Crippen molar-refractivity contribution in [2.24, 2.45) is 52.3 Å². The first-order chi connectivity index (χ1) is 35.6. The van der Waals surface area contributed by atoms with E-state index >= 15 is 0 Å². The number of ether oxygens (including phenoxy) is 8. The molecule has 18 nitrogen and oxygen atoms in total. The molecule has 3 unspecified atom stereocenters. The minimum atomic E-state index is -1.95. The molecule has 2 amide bonds. The second kappa shape index (κ2) is 21.8. The standard InChI is InChI=1S/C53H68Cl4N2O16/c1-23-13-16-53(70-20-23)24(2)37-34(75-53)18-28-27-12-11-25-17-26(14-15-51(25,3)38(27)33(60)19-52(28,37)4)71-47-45(65)43(63)46(36(73-47)22-69-50(67)59-40-31(56)9-6-10-32(40)57)74-48-44(64)42(62)41(61)35(72-48)21-68-49(66)58-39-29(54)7-5-8-30(39)55/h5-10,23-28,34-38,41-48,61-65H,11-22H2,1-4H3,(H,58,66)(H,59,67)/t23-,24?,25+,26+,27+,28+,34?,35-,36-,37?,38-,41-,42+,43-,44-,45-,46-,47-,48+,51+,52+,53-/m1/s1. The van der Waals surface area contributed by atoms with Gasteiger partial charge in [-0.3, -0.25) is 15.4 Å². The molecule has 0 bridgehead atoms. The fourth-order valence-electron chi connectivity index (χ4n) is 14.8. The number of aliphatic hydroxyl groups excluding tert-OH is 5. The van der Waals surface area contributed by atoms with Crippen molar-refractivity contribution in [1.29, 1.82) is 0 Å². The van der Waals surface area contributed by atoms with Crippen molar-refractivity contribution in [3.05, 3.63) is 56.5 Å². The molecule has 2 aromatic rings. The smallest absolute Gasteiger partial charge is 0.411 e. The normalized spacial score (nSPS) is 44.2. The van der Waals surface area contributed by atoms with Crippen molar-refractivity contribution >= 4 is 75.7 Å². The van der Waals surface area contributed by atoms with Gasteiger partial charge in [0, 0.05) is 24.7 Å². The number of nitrogens with one attached hydrogen (secondary N) is 2. The van der Waals surface area contributed by atoms with Gasteiger partial charge in [-0.05, 0) is 110 Å². The third kappa shape index (κ3) is 10.3. The Kier molecular flexibility index (Phi) is 16.2. The van der Waals surface area contributed by atoms with Crippen LogP contribution in [0.3, 0.4) is 0 Å². The third-order valence-corrected chi connectivity index (χ3v) is 19.9. The highest BCUT2D eigenvalue weighted by atomic mass is 35.5. The quantitative estimate of drug-likeness (QED) is 0.112. The molecule has 22 atom stereocenters. The average molecular weight is 1130 g/mol. The van der Waals surface area contributed by atoms with Crippen LogP contribution in [0.5, 0.6) is 0 Å². The van der Waals surface area contributed by atoms with Crippen LogP contribution in [0.1, 0.15) is 85.5 Å². The molecule has 22 heteroatoms. The van der Waals surface area contributed by atoms with E-state index in [4.69, 9.17) is 84.3 Å². The second-order valence-corrected chi connectivity index (χ2v) is 24.6. The van der Waals surface area contributed by atoms with Crippen LogP contribution in [0.15, 0.2) is 36.4 Å². The van der Waals surface area contributed by atoms with Crippen LogP contribution in [0.25, 0.3) is 0 Å². The molecule has 414 valence electrons. The molecule has 2 aromatic carbocycles. The topological polar surface area (TPSA) is 250 Å². The lowest BCUT2D eigenvalue weighted by Crippen LogP contribution is -2.65. The Morgan fingerprint density at radius 1 is 0.707 bits per heavy atom. The van der Waals surface area contributed by atoms with Gasteiger partial charge in [-0.2, -0.15) is 0 Å². The summed E-state index contributed by atoms with van der Waals surface area (Å²) in [6.07, 6.45) is -12.7. The van der Waals surface area contributed by atoms with Crippen LogP contribution in [-0.2, 0) is 42.7 Å². The third-order valence-electron chi connectivity index (χ3n) is 18.6. The summed E-state index contributed by atoms with van der Waals surface area (Å²) < 4.78 is 49.0. The number of carbonyl (C=O) groups excluding carboxylic acids is 3. The first-order valence-electron chi connectivity index (χ1n) is 26.2. The fourth-order valence-corrected chi connectivity index (χ4v) is 15.8. The molecule has 4 saturated heterocycles. The first-order valence-corrected chi connectivity index (χ1v) is 27.8. The second-order valence-electron chi connectivity index (χ2n) is 23.0. The van der Waals surface area contributed by atoms with E-state index in [2.05, 4.69) is 38.3 Å². The minimum Gasteiger partial charge on any atom is -0.446 e. The van der Waals surface area contributed by atoms with Gasteiger partial charge >= 0.3 is 12.2 Å². The summed E-state index contributed by atoms with van der Waals surface area (Å²) in [5, 5.41) is 61.9. The lowest BCUT2D eigenvalue weighted by molar-refractivity contribution is -0.363. The Hall–Kier alpha value is -2.63. The summed E-state index contributed by atoms with van der Waals surface area (Å²) in [6.45, 7) is 8.47. The maximum absolute atomic E-state index is 14.8. The van der Waals surface area contributed by atoms with Crippen LogP contribution in [0.2, 0.25) is 20.1 Å². The Labute approximate surface area is 455 Å². The van der Waals surface area contributed by atoms with Crippen molar-refractivity contribution in [3.8, 4) is 0 Å². The number of Topliss-reactive ketones (excluding diaryl/α,β-unsaturated/α-hetero) is 1. The SMILES string of the molecule is CC1C2C(C[C@H]3[C@@H]4CC[C@H]5C[C@@H](O[C@@H]6O[C@H](COC(=O)Nc7c(Cl)cccc7Cl)[C@@H](O[C@@H]7O[C@H](COC(=O)Nc8c(Cl)cccc8Cl)[C@@H](O)[C@H](O)[C@H]7O)[C@H](O)[C@H]6O)CC[C@]5(C)[C@H]4C(=O)C[C@]23C)O[C@]12CC[C@@H](C)CO2. The van der Waals surface area contributed by atoms with Crippen molar-refractivity contribution < 1.29 is 77.8 Å². The predicted molar refractivity (Wildman–Crippen MR) is 272 cm³/mol. The molecule has 4 saturated carbocycles. The number of hydrogen-bond donors (Lipinski definition) is 7. The molecule has 10 rings (SSSR count). The van der Waals surface area contributed by atoms with Gasteiger partial charge in [0.15, 0.2) is 18.4 Å². The molecule has 7 N–H and O–H groups in total. The summed E-state index contributed by atoms with van der Waals surface area (Å²) in [5.41, 5.74) is -0.338. The molecule has 0 radical (unpaired) electrons. The van der Waals surface area contributed by atoms with Crippen LogP contribution < -0.4 is 10.6 Å². The van der Waals surface area contributed by atoms with E-state index < -0.39 is 98.7 Å². The highest BCUT2D eigenvalue weighted by Gasteiger charge is 2.71. The zero-order valence-electron chi connectivity index (χ0n) is 42.2. The zero-order valence-corrected chi connectivity index (χ0v) is 45.2. The molecular weight excluding hydrogens is 1060 g/mol. The maximum atomic E-state index is 14.8. The number of aliphatic hydroxyl groups is 5. The van der Waals surface area contributed by atoms with E-state index in [1.165, 1.54) is 24.3 Å². The van der Waals surface area contributed by atoms with Gasteiger partial charge in [0.25, 0.3) is 0 Å². The van der Waals surface area contributed by atoms with Gasteiger partial charge in [0.05, 0.1) is 50.3 Å². The van der Waals surface area contributed by atoms with Crippen molar-refractivity contribution in [2.45, 2.75) is 165 Å². The number of hydrogen-bond acceptors (Lipinski definition) is 16. The van der Waals surface area contributed by atoms with Crippen LogP contribution >= 0.6 is 46.4 Å².